The summed E-state index contributed by atoms with van der Waals surface area (Å²) in [5.74, 6) is -0.165. The standard InChI is InChI=1S/C21H18N4O5/c1-3-24-12-17(16-6-4-5-7-18(16)24)21(26)29-13(2)19-22-23-20(30-19)14-8-10-15(11-9-14)25(27)28/h4-13H,3H2,1-2H3. The lowest BCUT2D eigenvalue weighted by molar-refractivity contribution is -0.384. The van der Waals surface area contributed by atoms with Crippen LogP contribution in [0.2, 0.25) is 0 Å². The molecule has 0 radical (unpaired) electrons. The van der Waals surface area contributed by atoms with E-state index in [1.165, 1.54) is 24.3 Å². The smallest absolute Gasteiger partial charge is 0.341 e. The van der Waals surface area contributed by atoms with Crippen LogP contribution in [0.15, 0.2) is 59.1 Å². The van der Waals surface area contributed by atoms with E-state index in [9.17, 15) is 14.9 Å². The Morgan fingerprint density at radius 3 is 2.63 bits per heavy atom. The molecule has 0 fully saturated rings. The summed E-state index contributed by atoms with van der Waals surface area (Å²) in [5.41, 5.74) is 1.92. The van der Waals surface area contributed by atoms with Crippen LogP contribution in [0, 0.1) is 10.1 Å². The maximum atomic E-state index is 12.8. The number of ether oxygens (including phenoxy) is 1. The molecule has 1 unspecified atom stereocenters. The van der Waals surface area contributed by atoms with Crippen LogP contribution in [-0.4, -0.2) is 25.7 Å². The quantitative estimate of drug-likeness (QED) is 0.262. The first-order valence-electron chi connectivity index (χ1n) is 9.35. The molecule has 152 valence electrons. The second kappa shape index (κ2) is 7.78. The molecule has 0 bridgehead atoms. The zero-order chi connectivity index (χ0) is 21.3. The Hall–Kier alpha value is -4.01. The number of esters is 1. The summed E-state index contributed by atoms with van der Waals surface area (Å²) in [5, 5.41) is 19.5. The van der Waals surface area contributed by atoms with Gasteiger partial charge in [0, 0.05) is 41.3 Å². The Kier molecular flexibility index (Phi) is 5.01. The van der Waals surface area contributed by atoms with E-state index in [0.29, 0.717) is 11.1 Å². The first kappa shape index (κ1) is 19.3. The third-order valence-corrected chi connectivity index (χ3v) is 4.75. The number of nitrogens with zero attached hydrogens (tertiary/aromatic N) is 4. The highest BCUT2D eigenvalue weighted by atomic mass is 16.6. The molecule has 4 rings (SSSR count). The monoisotopic (exact) mass is 406 g/mol. The SMILES string of the molecule is CCn1cc(C(=O)OC(C)c2nnc(-c3ccc([N+](=O)[O-])cc3)o2)c2ccccc21. The van der Waals surface area contributed by atoms with Crippen molar-refractivity contribution in [2.75, 3.05) is 0 Å². The summed E-state index contributed by atoms with van der Waals surface area (Å²) in [6, 6.07) is 13.4. The fourth-order valence-electron chi connectivity index (χ4n) is 3.19. The van der Waals surface area contributed by atoms with Crippen LogP contribution in [0.4, 0.5) is 5.69 Å². The Balaban J connectivity index is 1.53. The molecule has 0 saturated carbocycles. The lowest BCUT2D eigenvalue weighted by Crippen LogP contribution is -2.09. The van der Waals surface area contributed by atoms with Crippen LogP contribution in [0.25, 0.3) is 22.4 Å². The van der Waals surface area contributed by atoms with Crippen molar-refractivity contribution in [2.24, 2.45) is 0 Å². The summed E-state index contributed by atoms with van der Waals surface area (Å²) in [4.78, 5) is 23.0. The van der Waals surface area contributed by atoms with Crippen molar-refractivity contribution in [1.82, 2.24) is 14.8 Å². The number of carbonyl (C=O) groups excluding carboxylic acids is 1. The number of non-ortho nitro benzene ring substituents is 1. The molecular weight excluding hydrogens is 388 g/mol. The number of para-hydroxylation sites is 1. The Morgan fingerprint density at radius 1 is 1.20 bits per heavy atom. The predicted octanol–water partition coefficient (Wildman–Crippen LogP) is 4.54. The second-order valence-corrected chi connectivity index (χ2v) is 6.64. The number of carbonyl (C=O) groups is 1. The zero-order valence-electron chi connectivity index (χ0n) is 16.3. The van der Waals surface area contributed by atoms with E-state index in [1.807, 2.05) is 35.8 Å². The van der Waals surface area contributed by atoms with Gasteiger partial charge in [0.25, 0.3) is 11.6 Å². The van der Waals surface area contributed by atoms with Gasteiger partial charge in [0.15, 0.2) is 6.10 Å². The molecule has 0 saturated heterocycles. The van der Waals surface area contributed by atoms with Crippen LogP contribution in [0.3, 0.4) is 0 Å². The van der Waals surface area contributed by atoms with E-state index in [4.69, 9.17) is 9.15 Å². The molecule has 0 amide bonds. The number of hydrogen-bond acceptors (Lipinski definition) is 7. The van der Waals surface area contributed by atoms with Gasteiger partial charge < -0.3 is 13.7 Å². The van der Waals surface area contributed by atoms with Gasteiger partial charge in [-0.25, -0.2) is 4.79 Å². The van der Waals surface area contributed by atoms with Crippen molar-refractivity contribution < 1.29 is 18.9 Å². The summed E-state index contributed by atoms with van der Waals surface area (Å²) in [6.07, 6.45) is 1.01. The van der Waals surface area contributed by atoms with Gasteiger partial charge in [-0.3, -0.25) is 10.1 Å². The number of nitro groups is 1. The molecule has 2 aromatic heterocycles. The average Bonchev–Trinajstić information content (AvgIpc) is 3.39. The molecule has 1 atom stereocenters. The summed E-state index contributed by atoms with van der Waals surface area (Å²) >= 11 is 0. The van der Waals surface area contributed by atoms with Gasteiger partial charge in [-0.2, -0.15) is 0 Å². The molecular formula is C21H18N4O5. The fourth-order valence-corrected chi connectivity index (χ4v) is 3.19. The lowest BCUT2D eigenvalue weighted by Gasteiger charge is -2.08. The fraction of sp³-hybridized carbons (Fsp3) is 0.190. The van der Waals surface area contributed by atoms with Gasteiger partial charge >= 0.3 is 5.97 Å². The molecule has 0 N–H and O–H groups in total. The third-order valence-electron chi connectivity index (χ3n) is 4.75. The van der Waals surface area contributed by atoms with Gasteiger partial charge in [0.1, 0.15) is 0 Å². The molecule has 0 aliphatic heterocycles. The van der Waals surface area contributed by atoms with Crippen molar-refractivity contribution >= 4 is 22.6 Å². The normalized spacial score (nSPS) is 12.1. The summed E-state index contributed by atoms with van der Waals surface area (Å²) in [6.45, 7) is 4.37. The van der Waals surface area contributed by atoms with Crippen LogP contribution in [0.1, 0.15) is 36.2 Å². The van der Waals surface area contributed by atoms with E-state index in [-0.39, 0.29) is 17.5 Å². The molecule has 0 aliphatic carbocycles. The van der Waals surface area contributed by atoms with Crippen LogP contribution in [0.5, 0.6) is 0 Å². The third kappa shape index (κ3) is 3.52. The minimum atomic E-state index is -0.763. The molecule has 0 spiro atoms. The molecule has 30 heavy (non-hydrogen) atoms. The van der Waals surface area contributed by atoms with Crippen molar-refractivity contribution in [3.05, 3.63) is 76.3 Å². The maximum absolute atomic E-state index is 12.8. The lowest BCUT2D eigenvalue weighted by atomic mass is 10.2. The number of fused-ring (bicyclic) bond motifs is 1. The van der Waals surface area contributed by atoms with E-state index in [0.717, 1.165) is 17.4 Å². The predicted molar refractivity (Wildman–Crippen MR) is 108 cm³/mol. The first-order chi connectivity index (χ1) is 14.5. The van der Waals surface area contributed by atoms with Crippen molar-refractivity contribution in [3.63, 3.8) is 0 Å². The van der Waals surface area contributed by atoms with Crippen molar-refractivity contribution in [2.45, 2.75) is 26.5 Å². The molecule has 2 aromatic carbocycles. The van der Waals surface area contributed by atoms with Gasteiger partial charge in [0.05, 0.1) is 10.5 Å². The van der Waals surface area contributed by atoms with E-state index in [2.05, 4.69) is 10.2 Å². The number of rotatable bonds is 6. The number of aromatic nitrogens is 3. The van der Waals surface area contributed by atoms with Crippen molar-refractivity contribution in [3.8, 4) is 11.5 Å². The zero-order valence-corrected chi connectivity index (χ0v) is 16.3. The van der Waals surface area contributed by atoms with E-state index >= 15 is 0 Å². The number of nitro benzene ring substituents is 1. The molecule has 2 heterocycles. The van der Waals surface area contributed by atoms with Crippen molar-refractivity contribution in [1.29, 1.82) is 0 Å². The van der Waals surface area contributed by atoms with Gasteiger partial charge in [0.2, 0.25) is 5.89 Å². The molecule has 0 aliphatic rings. The highest BCUT2D eigenvalue weighted by Crippen LogP contribution is 2.27. The van der Waals surface area contributed by atoms with E-state index in [1.54, 1.807) is 13.1 Å². The minimum Gasteiger partial charge on any atom is -0.449 e. The Labute approximate surface area is 171 Å². The average molecular weight is 406 g/mol. The summed E-state index contributed by atoms with van der Waals surface area (Å²) in [7, 11) is 0. The Bertz CT molecular complexity index is 1230. The topological polar surface area (TPSA) is 113 Å². The summed E-state index contributed by atoms with van der Waals surface area (Å²) < 4.78 is 13.1. The number of aryl methyl sites for hydroxylation is 1. The van der Waals surface area contributed by atoms with Gasteiger partial charge in [-0.1, -0.05) is 18.2 Å². The second-order valence-electron chi connectivity index (χ2n) is 6.64. The number of hydrogen-bond donors (Lipinski definition) is 0. The first-order valence-corrected chi connectivity index (χ1v) is 9.35. The maximum Gasteiger partial charge on any atom is 0.341 e. The van der Waals surface area contributed by atoms with Crippen LogP contribution in [-0.2, 0) is 11.3 Å². The van der Waals surface area contributed by atoms with Crippen LogP contribution < -0.4 is 0 Å². The minimum absolute atomic E-state index is 0.0352. The Morgan fingerprint density at radius 2 is 1.93 bits per heavy atom. The molecule has 9 heteroatoms. The largest absolute Gasteiger partial charge is 0.449 e. The van der Waals surface area contributed by atoms with Gasteiger partial charge in [-0.05, 0) is 32.0 Å². The highest BCUT2D eigenvalue weighted by Gasteiger charge is 2.22. The van der Waals surface area contributed by atoms with Gasteiger partial charge in [-0.15, -0.1) is 10.2 Å². The molecule has 4 aromatic rings. The van der Waals surface area contributed by atoms with E-state index < -0.39 is 17.0 Å². The van der Waals surface area contributed by atoms with Crippen LogP contribution >= 0.6 is 0 Å². The molecule has 9 nitrogen and oxygen atoms in total. The highest BCUT2D eigenvalue weighted by molar-refractivity contribution is 6.04. The number of benzene rings is 2.